The molecule has 0 radical (unpaired) electrons. The van der Waals surface area contributed by atoms with Crippen LogP contribution < -0.4 is 10.6 Å². The average molecular weight is 427 g/mol. The van der Waals surface area contributed by atoms with Gasteiger partial charge in [-0.1, -0.05) is 17.7 Å². The molecule has 1 fully saturated rings. The lowest BCUT2D eigenvalue weighted by Gasteiger charge is -2.15. The van der Waals surface area contributed by atoms with E-state index in [-0.39, 0.29) is 24.2 Å². The molecule has 2 heterocycles. The second-order valence-electron chi connectivity index (χ2n) is 7.18. The highest BCUT2D eigenvalue weighted by atomic mass is 35.5. The average Bonchev–Trinajstić information content (AvgIpc) is 3.44. The zero-order valence-corrected chi connectivity index (χ0v) is 16.4. The topological polar surface area (TPSA) is 59.0 Å². The minimum absolute atomic E-state index is 0. The van der Waals surface area contributed by atoms with Crippen molar-refractivity contribution in [1.82, 2.24) is 20.4 Å². The molecule has 2 N–H and O–H groups in total. The van der Waals surface area contributed by atoms with Gasteiger partial charge in [-0.3, -0.25) is 4.79 Å². The van der Waals surface area contributed by atoms with Crippen molar-refractivity contribution in [2.75, 3.05) is 19.6 Å². The third-order valence-corrected chi connectivity index (χ3v) is 5.07. The normalized spacial score (nSPS) is 16.7. The molecule has 1 saturated carbocycles. The van der Waals surface area contributed by atoms with Gasteiger partial charge in [0.25, 0.3) is 5.91 Å². The van der Waals surface area contributed by atoms with E-state index >= 15 is 0 Å². The van der Waals surface area contributed by atoms with Crippen LogP contribution in [-0.2, 0) is 6.18 Å². The molecule has 2 aromatic rings. The highest BCUT2D eigenvalue weighted by Gasteiger charge is 2.34. The number of amides is 1. The first-order chi connectivity index (χ1) is 13.4. The molecule has 0 bridgehead atoms. The number of rotatable bonds is 5. The maximum Gasteiger partial charge on any atom is 0.416 e. The molecular formula is C20H22ClF3N4O. The molecule has 0 unspecified atom stereocenters. The van der Waals surface area contributed by atoms with Gasteiger partial charge in [-0.25, -0.2) is 4.68 Å². The summed E-state index contributed by atoms with van der Waals surface area (Å²) in [7, 11) is 0. The van der Waals surface area contributed by atoms with Gasteiger partial charge in [-0.05, 0) is 44.0 Å². The molecule has 1 amide bonds. The lowest BCUT2D eigenvalue weighted by molar-refractivity contribution is -0.137. The van der Waals surface area contributed by atoms with Crippen molar-refractivity contribution in [3.63, 3.8) is 0 Å². The molecule has 9 heteroatoms. The highest BCUT2D eigenvalue weighted by Crippen LogP contribution is 2.42. The quantitative estimate of drug-likeness (QED) is 0.714. The van der Waals surface area contributed by atoms with E-state index in [9.17, 15) is 18.0 Å². The first-order valence-corrected chi connectivity index (χ1v) is 9.36. The van der Waals surface area contributed by atoms with Crippen LogP contribution in [0.2, 0.25) is 0 Å². The maximum atomic E-state index is 13.1. The fraction of sp³-hybridized carbons (Fsp3) is 0.400. The third kappa shape index (κ3) is 4.82. The minimum atomic E-state index is -4.42. The van der Waals surface area contributed by atoms with Crippen molar-refractivity contribution >= 4 is 18.3 Å². The van der Waals surface area contributed by atoms with Crippen LogP contribution in [0.4, 0.5) is 13.2 Å². The van der Waals surface area contributed by atoms with Gasteiger partial charge in [0.2, 0.25) is 0 Å². The van der Waals surface area contributed by atoms with Crippen molar-refractivity contribution in [3.8, 4) is 5.69 Å². The van der Waals surface area contributed by atoms with Gasteiger partial charge in [0.1, 0.15) is 0 Å². The Morgan fingerprint density at radius 1 is 1.31 bits per heavy atom. The molecule has 1 aliphatic heterocycles. The molecule has 1 aliphatic carbocycles. The van der Waals surface area contributed by atoms with Gasteiger partial charge in [-0.15, -0.1) is 12.4 Å². The van der Waals surface area contributed by atoms with Gasteiger partial charge >= 0.3 is 6.18 Å². The molecule has 0 spiro atoms. The molecule has 4 rings (SSSR count). The summed E-state index contributed by atoms with van der Waals surface area (Å²) in [6, 6.07) is 5.04. The van der Waals surface area contributed by atoms with Gasteiger partial charge in [0.15, 0.2) is 0 Å². The Labute approximate surface area is 172 Å². The Morgan fingerprint density at radius 3 is 2.76 bits per heavy atom. The van der Waals surface area contributed by atoms with Gasteiger partial charge in [-0.2, -0.15) is 18.3 Å². The first-order valence-electron chi connectivity index (χ1n) is 9.36. The second kappa shape index (κ2) is 8.59. The summed E-state index contributed by atoms with van der Waals surface area (Å²) < 4.78 is 40.7. The Balaban J connectivity index is 0.00000240. The molecule has 1 aromatic heterocycles. The van der Waals surface area contributed by atoms with E-state index < -0.39 is 11.7 Å². The summed E-state index contributed by atoms with van der Waals surface area (Å²) in [5.41, 5.74) is 1.89. The lowest BCUT2D eigenvalue weighted by atomic mass is 10.1. The molecule has 0 atom stereocenters. The monoisotopic (exact) mass is 426 g/mol. The van der Waals surface area contributed by atoms with Crippen molar-refractivity contribution in [2.24, 2.45) is 0 Å². The van der Waals surface area contributed by atoms with Gasteiger partial charge in [0, 0.05) is 19.0 Å². The molecule has 2 aliphatic rings. The van der Waals surface area contributed by atoms with Crippen LogP contribution in [0.15, 0.2) is 42.1 Å². The van der Waals surface area contributed by atoms with Crippen LogP contribution in [0, 0.1) is 0 Å². The smallest absolute Gasteiger partial charge is 0.348 e. The van der Waals surface area contributed by atoms with Crippen molar-refractivity contribution < 1.29 is 18.0 Å². The Morgan fingerprint density at radius 2 is 2.10 bits per heavy atom. The highest BCUT2D eigenvalue weighted by molar-refractivity contribution is 5.95. The Hall–Kier alpha value is -2.32. The summed E-state index contributed by atoms with van der Waals surface area (Å²) in [6.45, 7) is 2.16. The van der Waals surface area contributed by atoms with Crippen LogP contribution in [0.3, 0.4) is 0 Å². The minimum Gasteiger partial charge on any atom is -0.348 e. The number of aromatic nitrogens is 2. The summed E-state index contributed by atoms with van der Waals surface area (Å²) in [6.07, 6.45) is 1.80. The van der Waals surface area contributed by atoms with Crippen LogP contribution in [0.1, 0.15) is 46.8 Å². The number of nitrogens with one attached hydrogen (secondary N) is 2. The van der Waals surface area contributed by atoms with Crippen LogP contribution in [0.25, 0.3) is 5.69 Å². The number of benzene rings is 1. The zero-order chi connectivity index (χ0) is 19.7. The summed E-state index contributed by atoms with van der Waals surface area (Å²) in [5, 5.41) is 10.4. The first kappa shape index (κ1) is 21.4. The number of carbonyl (C=O) groups excluding carboxylic acids is 1. The molecule has 5 nitrogen and oxygen atoms in total. The number of halogens is 4. The lowest BCUT2D eigenvalue weighted by Crippen LogP contribution is -2.30. The van der Waals surface area contributed by atoms with E-state index in [4.69, 9.17) is 0 Å². The van der Waals surface area contributed by atoms with Crippen LogP contribution >= 0.6 is 12.4 Å². The predicted octanol–water partition coefficient (Wildman–Crippen LogP) is 3.84. The standard InChI is InChI=1S/C20H21F3N4O.ClH/c21-20(22,23)15-2-1-3-16(10-15)27-18(14-4-5-14)17(12-26-27)19(28)25-11-13-6-8-24-9-7-13;/h1-3,6,10,12,14,24H,4-5,7-9,11H2,(H,25,28);1H. The molecule has 29 heavy (non-hydrogen) atoms. The van der Waals surface area contributed by atoms with E-state index in [0.717, 1.165) is 44.5 Å². The number of carbonyl (C=O) groups is 1. The van der Waals surface area contributed by atoms with Crippen molar-refractivity contribution in [2.45, 2.75) is 31.4 Å². The SMILES string of the molecule is Cl.O=C(NCC1=CCNCC1)c1cnn(-c2cccc(C(F)(F)F)c2)c1C1CC1. The summed E-state index contributed by atoms with van der Waals surface area (Å²) >= 11 is 0. The molecular weight excluding hydrogens is 405 g/mol. The van der Waals surface area contributed by atoms with Crippen molar-refractivity contribution in [1.29, 1.82) is 0 Å². The summed E-state index contributed by atoms with van der Waals surface area (Å²) in [5.74, 6) is -0.0875. The Bertz CT molecular complexity index is 919. The number of alkyl halides is 3. The number of hydrogen-bond donors (Lipinski definition) is 2. The van der Waals surface area contributed by atoms with Gasteiger partial charge in [0.05, 0.1) is 28.7 Å². The van der Waals surface area contributed by atoms with Crippen molar-refractivity contribution in [3.05, 3.63) is 58.9 Å². The second-order valence-corrected chi connectivity index (χ2v) is 7.18. The third-order valence-electron chi connectivity index (χ3n) is 5.07. The fourth-order valence-corrected chi connectivity index (χ4v) is 3.42. The summed E-state index contributed by atoms with van der Waals surface area (Å²) in [4.78, 5) is 12.7. The Kier molecular flexibility index (Phi) is 6.33. The van der Waals surface area contributed by atoms with E-state index in [1.54, 1.807) is 6.07 Å². The maximum absolute atomic E-state index is 13.1. The number of hydrogen-bond acceptors (Lipinski definition) is 3. The number of nitrogens with zero attached hydrogens (tertiary/aromatic N) is 2. The predicted molar refractivity (Wildman–Crippen MR) is 106 cm³/mol. The van der Waals surface area contributed by atoms with E-state index in [0.29, 0.717) is 23.5 Å². The molecule has 1 aromatic carbocycles. The van der Waals surface area contributed by atoms with Crippen LogP contribution in [-0.4, -0.2) is 35.3 Å². The van der Waals surface area contributed by atoms with E-state index in [2.05, 4.69) is 21.8 Å². The fourth-order valence-electron chi connectivity index (χ4n) is 3.42. The molecule has 156 valence electrons. The van der Waals surface area contributed by atoms with E-state index in [1.165, 1.54) is 22.5 Å². The largest absolute Gasteiger partial charge is 0.416 e. The van der Waals surface area contributed by atoms with E-state index in [1.807, 2.05) is 0 Å². The van der Waals surface area contributed by atoms with Crippen LogP contribution in [0.5, 0.6) is 0 Å². The molecule has 0 saturated heterocycles. The zero-order valence-electron chi connectivity index (χ0n) is 15.6. The van der Waals surface area contributed by atoms with Gasteiger partial charge < -0.3 is 10.6 Å².